The summed E-state index contributed by atoms with van der Waals surface area (Å²) in [7, 11) is 0. The van der Waals surface area contributed by atoms with Gasteiger partial charge >= 0.3 is 5.97 Å². The molecule has 0 spiro atoms. The van der Waals surface area contributed by atoms with Crippen LogP contribution in [0.25, 0.3) is 0 Å². The van der Waals surface area contributed by atoms with Crippen LogP contribution < -0.4 is 0 Å². The summed E-state index contributed by atoms with van der Waals surface area (Å²) in [6, 6.07) is 0. The summed E-state index contributed by atoms with van der Waals surface area (Å²) in [4.78, 5) is 10.2. The van der Waals surface area contributed by atoms with E-state index in [0.717, 1.165) is 19.3 Å². The molecular weight excluding hydrogens is 192 g/mol. The van der Waals surface area contributed by atoms with E-state index in [4.69, 9.17) is 16.7 Å². The number of nitrogens with zero attached hydrogens (tertiary/aromatic N) is 1. The molecule has 5 heteroatoms. The van der Waals surface area contributed by atoms with Crippen molar-refractivity contribution in [1.29, 1.82) is 0 Å². The number of hydrogen-bond donors (Lipinski definition) is 2. The zero-order valence-corrected chi connectivity index (χ0v) is 7.64. The minimum atomic E-state index is -0.976. The molecule has 0 saturated heterocycles. The number of H-pyrrole nitrogens is 1. The van der Waals surface area contributed by atoms with E-state index in [2.05, 4.69) is 10.2 Å². The average Bonchev–Trinajstić information content (AvgIpc) is 2.47. The van der Waals surface area contributed by atoms with Crippen molar-refractivity contribution in [2.45, 2.75) is 24.1 Å². The van der Waals surface area contributed by atoms with Gasteiger partial charge < -0.3 is 5.11 Å². The Balaban J connectivity index is 2.39. The Hall–Kier alpha value is -1.03. The van der Waals surface area contributed by atoms with E-state index in [9.17, 15) is 4.79 Å². The highest BCUT2D eigenvalue weighted by molar-refractivity contribution is 6.24. The number of carbonyl (C=O) groups is 1. The van der Waals surface area contributed by atoms with Crippen molar-refractivity contribution in [2.24, 2.45) is 0 Å². The summed E-state index contributed by atoms with van der Waals surface area (Å²) < 4.78 is 0. The largest absolute Gasteiger partial charge is 0.478 e. The SMILES string of the molecule is O=C(O)c1cn[nH]c1C1(Cl)CCC1. The summed E-state index contributed by atoms with van der Waals surface area (Å²) in [5.74, 6) is -0.976. The minimum absolute atomic E-state index is 0.190. The van der Waals surface area contributed by atoms with Gasteiger partial charge in [0, 0.05) is 0 Å². The average molecular weight is 201 g/mol. The van der Waals surface area contributed by atoms with Gasteiger partial charge in [0.1, 0.15) is 5.56 Å². The van der Waals surface area contributed by atoms with Crippen LogP contribution in [0.15, 0.2) is 6.20 Å². The van der Waals surface area contributed by atoms with Crippen molar-refractivity contribution >= 4 is 17.6 Å². The second-order valence-electron chi connectivity index (χ2n) is 3.28. The topological polar surface area (TPSA) is 66.0 Å². The minimum Gasteiger partial charge on any atom is -0.478 e. The van der Waals surface area contributed by atoms with Crippen molar-refractivity contribution in [2.75, 3.05) is 0 Å². The second kappa shape index (κ2) is 2.73. The molecule has 0 aliphatic heterocycles. The van der Waals surface area contributed by atoms with Crippen molar-refractivity contribution in [3.8, 4) is 0 Å². The van der Waals surface area contributed by atoms with Crippen molar-refractivity contribution < 1.29 is 9.90 Å². The van der Waals surface area contributed by atoms with Crippen LogP contribution in [0.1, 0.15) is 35.3 Å². The van der Waals surface area contributed by atoms with Gasteiger partial charge in [-0.15, -0.1) is 11.6 Å². The maximum atomic E-state index is 10.8. The lowest BCUT2D eigenvalue weighted by Crippen LogP contribution is -2.29. The van der Waals surface area contributed by atoms with E-state index >= 15 is 0 Å². The zero-order valence-electron chi connectivity index (χ0n) is 6.88. The molecule has 0 bridgehead atoms. The zero-order chi connectivity index (χ0) is 9.47. The molecule has 13 heavy (non-hydrogen) atoms. The number of nitrogens with one attached hydrogen (secondary N) is 1. The number of alkyl halides is 1. The van der Waals surface area contributed by atoms with Crippen LogP contribution in [0.5, 0.6) is 0 Å². The number of hydrogen-bond acceptors (Lipinski definition) is 2. The third-order valence-electron chi connectivity index (χ3n) is 2.46. The fourth-order valence-electron chi connectivity index (χ4n) is 1.53. The van der Waals surface area contributed by atoms with Gasteiger partial charge in [-0.1, -0.05) is 0 Å². The van der Waals surface area contributed by atoms with E-state index < -0.39 is 10.8 Å². The molecular formula is C8H9ClN2O2. The lowest BCUT2D eigenvalue weighted by molar-refractivity contribution is 0.0693. The highest BCUT2D eigenvalue weighted by atomic mass is 35.5. The molecule has 1 aliphatic rings. The van der Waals surface area contributed by atoms with Crippen LogP contribution in [-0.2, 0) is 4.87 Å². The summed E-state index contributed by atoms with van der Waals surface area (Å²) >= 11 is 6.19. The van der Waals surface area contributed by atoms with E-state index in [1.54, 1.807) is 0 Å². The standard InChI is InChI=1S/C8H9ClN2O2/c9-8(2-1-3-8)6-5(7(12)13)4-10-11-6/h4H,1-3H2,(H,10,11)(H,12,13). The second-order valence-corrected chi connectivity index (χ2v) is 4.01. The number of halogens is 1. The van der Waals surface area contributed by atoms with E-state index in [0.29, 0.717) is 5.69 Å². The normalized spacial score (nSPS) is 19.5. The van der Waals surface area contributed by atoms with E-state index in [-0.39, 0.29) is 5.56 Å². The number of carboxylic acids is 1. The third kappa shape index (κ3) is 1.21. The lowest BCUT2D eigenvalue weighted by atomic mass is 9.80. The maximum Gasteiger partial charge on any atom is 0.339 e. The quantitative estimate of drug-likeness (QED) is 0.715. The maximum absolute atomic E-state index is 10.8. The van der Waals surface area contributed by atoms with Gasteiger partial charge in [-0.05, 0) is 19.3 Å². The molecule has 1 fully saturated rings. The molecule has 0 aromatic carbocycles. The Morgan fingerprint density at radius 2 is 2.38 bits per heavy atom. The smallest absolute Gasteiger partial charge is 0.339 e. The molecule has 0 unspecified atom stereocenters. The first-order valence-corrected chi connectivity index (χ1v) is 4.47. The fourth-order valence-corrected chi connectivity index (χ4v) is 1.94. The molecule has 2 rings (SSSR count). The van der Waals surface area contributed by atoms with Gasteiger partial charge in [-0.3, -0.25) is 5.10 Å². The predicted octanol–water partition coefficient (Wildman–Crippen LogP) is 1.73. The number of rotatable bonds is 2. The van der Waals surface area contributed by atoms with Crippen molar-refractivity contribution in [1.82, 2.24) is 10.2 Å². The van der Waals surface area contributed by atoms with E-state index in [1.165, 1.54) is 6.20 Å². The Labute approximate surface area is 79.9 Å². The number of aromatic carboxylic acids is 1. The lowest BCUT2D eigenvalue weighted by Gasteiger charge is -2.34. The summed E-state index contributed by atoms with van der Waals surface area (Å²) in [5, 5.41) is 15.2. The van der Waals surface area contributed by atoms with Crippen LogP contribution in [0, 0.1) is 0 Å². The highest BCUT2D eigenvalue weighted by Crippen LogP contribution is 2.47. The van der Waals surface area contributed by atoms with Crippen molar-refractivity contribution in [3.05, 3.63) is 17.5 Å². The Kier molecular flexibility index (Phi) is 1.80. The molecule has 1 aromatic heterocycles. The molecule has 70 valence electrons. The molecule has 4 nitrogen and oxygen atoms in total. The van der Waals surface area contributed by atoms with E-state index in [1.807, 2.05) is 0 Å². The Bertz CT molecular complexity index is 344. The van der Waals surface area contributed by atoms with Gasteiger partial charge in [0.2, 0.25) is 0 Å². The van der Waals surface area contributed by atoms with Crippen LogP contribution in [0.2, 0.25) is 0 Å². The predicted molar refractivity (Wildman–Crippen MR) is 46.9 cm³/mol. The van der Waals surface area contributed by atoms with Gasteiger partial charge in [-0.25, -0.2) is 4.79 Å². The summed E-state index contributed by atoms with van der Waals surface area (Å²) in [5.41, 5.74) is 0.739. The molecule has 1 saturated carbocycles. The monoisotopic (exact) mass is 200 g/mol. The number of aromatic nitrogens is 2. The Morgan fingerprint density at radius 1 is 1.69 bits per heavy atom. The fraction of sp³-hybridized carbons (Fsp3) is 0.500. The highest BCUT2D eigenvalue weighted by Gasteiger charge is 2.40. The molecule has 0 radical (unpaired) electrons. The summed E-state index contributed by atoms with van der Waals surface area (Å²) in [6.07, 6.45) is 3.98. The van der Waals surface area contributed by atoms with Gasteiger partial charge in [0.25, 0.3) is 0 Å². The molecule has 1 heterocycles. The van der Waals surface area contributed by atoms with Crippen LogP contribution in [0.3, 0.4) is 0 Å². The third-order valence-corrected chi connectivity index (χ3v) is 3.03. The molecule has 1 aliphatic carbocycles. The first kappa shape index (κ1) is 8.56. The number of carboxylic acid groups (broad SMARTS) is 1. The van der Waals surface area contributed by atoms with Gasteiger partial charge in [-0.2, -0.15) is 5.10 Å². The van der Waals surface area contributed by atoms with Crippen LogP contribution in [-0.4, -0.2) is 21.3 Å². The Morgan fingerprint density at radius 3 is 2.85 bits per heavy atom. The van der Waals surface area contributed by atoms with Crippen LogP contribution >= 0.6 is 11.6 Å². The molecule has 1 aromatic rings. The molecule has 2 N–H and O–H groups in total. The van der Waals surface area contributed by atoms with Crippen LogP contribution in [0.4, 0.5) is 0 Å². The summed E-state index contributed by atoms with van der Waals surface area (Å²) in [6.45, 7) is 0. The molecule has 0 amide bonds. The number of aromatic amines is 1. The first-order chi connectivity index (χ1) is 6.13. The molecule has 0 atom stereocenters. The van der Waals surface area contributed by atoms with Gasteiger partial charge in [0.05, 0.1) is 16.8 Å². The first-order valence-electron chi connectivity index (χ1n) is 4.09. The van der Waals surface area contributed by atoms with Crippen molar-refractivity contribution in [3.63, 3.8) is 0 Å². The van der Waals surface area contributed by atoms with Gasteiger partial charge in [0.15, 0.2) is 0 Å².